The molecule has 3 aromatic carbocycles. The number of phenols is 1. The average Bonchev–Trinajstić information content (AvgIpc) is 2.83. The van der Waals surface area contributed by atoms with E-state index in [0.717, 1.165) is 11.6 Å². The van der Waals surface area contributed by atoms with Gasteiger partial charge in [0.1, 0.15) is 17.3 Å². The zero-order valence-corrected chi connectivity index (χ0v) is 19.9. The van der Waals surface area contributed by atoms with Crippen molar-refractivity contribution in [2.75, 3.05) is 6.54 Å². The van der Waals surface area contributed by atoms with E-state index in [1.165, 1.54) is 22.8 Å². The van der Waals surface area contributed by atoms with E-state index < -0.39 is 22.9 Å². The standard InChI is InChI=1S/C26H22F2N2O5S/c1-30-15-21(19(14-26(30)32)18-4-2-3-5-23(18)31)20-12-16(10-11-29-36(33)34)6-8-24(20)35-25-9-7-17(27)13-22(25)28/h2-9,12-15,29,31H,10-11H2,1H3,(H,33,34). The maximum Gasteiger partial charge on any atom is 0.250 e. The fraction of sp³-hybridized carbons (Fsp3) is 0.115. The Kier molecular flexibility index (Phi) is 7.58. The second kappa shape index (κ2) is 10.8. The van der Waals surface area contributed by atoms with Gasteiger partial charge in [-0.3, -0.25) is 9.35 Å². The number of pyridine rings is 1. The van der Waals surface area contributed by atoms with Crippen LogP contribution in [-0.4, -0.2) is 25.0 Å². The molecule has 4 rings (SSSR count). The smallest absolute Gasteiger partial charge is 0.250 e. The molecule has 36 heavy (non-hydrogen) atoms. The molecule has 4 aromatic rings. The minimum atomic E-state index is -2.17. The van der Waals surface area contributed by atoms with Crippen LogP contribution in [0.15, 0.2) is 77.7 Å². The normalized spacial score (nSPS) is 11.9. The fourth-order valence-electron chi connectivity index (χ4n) is 3.76. The highest BCUT2D eigenvalue weighted by atomic mass is 32.2. The van der Waals surface area contributed by atoms with Crippen LogP contribution in [0.25, 0.3) is 22.3 Å². The topological polar surface area (TPSA) is 101 Å². The van der Waals surface area contributed by atoms with Gasteiger partial charge in [-0.05, 0) is 42.3 Å². The number of aromatic hydroxyl groups is 1. The number of aromatic nitrogens is 1. The number of para-hydroxylation sites is 1. The number of phenolic OH excluding ortho intramolecular Hbond substituents is 1. The van der Waals surface area contributed by atoms with Crippen LogP contribution < -0.4 is 15.0 Å². The highest BCUT2D eigenvalue weighted by Crippen LogP contribution is 2.41. The Morgan fingerprint density at radius 3 is 2.42 bits per heavy atom. The van der Waals surface area contributed by atoms with Crippen molar-refractivity contribution in [3.05, 3.63) is 100 Å². The Hall–Kier alpha value is -3.86. The number of aryl methyl sites for hydroxylation is 1. The number of rotatable bonds is 8. The molecule has 3 N–H and O–H groups in total. The van der Waals surface area contributed by atoms with Gasteiger partial charge in [0.05, 0.1) is 0 Å². The molecule has 1 unspecified atom stereocenters. The lowest BCUT2D eigenvalue weighted by molar-refractivity contribution is 0.439. The van der Waals surface area contributed by atoms with Crippen molar-refractivity contribution in [2.24, 2.45) is 7.05 Å². The molecule has 0 aliphatic rings. The summed E-state index contributed by atoms with van der Waals surface area (Å²) in [4.78, 5) is 12.5. The number of nitrogens with zero attached hydrogens (tertiary/aromatic N) is 1. The maximum atomic E-state index is 14.4. The molecule has 10 heteroatoms. The van der Waals surface area contributed by atoms with E-state index in [2.05, 4.69) is 4.72 Å². The van der Waals surface area contributed by atoms with Gasteiger partial charge in [0.2, 0.25) is 11.3 Å². The van der Waals surface area contributed by atoms with Gasteiger partial charge in [0.25, 0.3) is 5.56 Å². The first-order chi connectivity index (χ1) is 17.2. The zero-order valence-electron chi connectivity index (χ0n) is 19.1. The Balaban J connectivity index is 1.90. The number of hydrogen-bond acceptors (Lipinski definition) is 4. The summed E-state index contributed by atoms with van der Waals surface area (Å²) in [5.74, 6) is -1.65. The zero-order chi connectivity index (χ0) is 25.8. The predicted molar refractivity (Wildman–Crippen MR) is 133 cm³/mol. The molecule has 0 saturated heterocycles. The Morgan fingerprint density at radius 1 is 0.944 bits per heavy atom. The molecule has 7 nitrogen and oxygen atoms in total. The quantitative estimate of drug-likeness (QED) is 0.296. The molecule has 0 aliphatic carbocycles. The third kappa shape index (κ3) is 5.68. The van der Waals surface area contributed by atoms with Crippen LogP contribution in [-0.2, 0) is 24.7 Å². The molecule has 0 amide bonds. The van der Waals surface area contributed by atoms with Crippen LogP contribution >= 0.6 is 0 Å². The predicted octanol–water partition coefficient (Wildman–Crippen LogP) is 4.76. The van der Waals surface area contributed by atoms with E-state index in [1.54, 1.807) is 49.6 Å². The lowest BCUT2D eigenvalue weighted by Gasteiger charge is -2.18. The minimum Gasteiger partial charge on any atom is -0.507 e. The Morgan fingerprint density at radius 2 is 1.69 bits per heavy atom. The molecule has 1 aromatic heterocycles. The van der Waals surface area contributed by atoms with Crippen molar-refractivity contribution in [3.63, 3.8) is 0 Å². The monoisotopic (exact) mass is 512 g/mol. The lowest BCUT2D eigenvalue weighted by atomic mass is 9.93. The van der Waals surface area contributed by atoms with E-state index in [0.29, 0.717) is 34.7 Å². The van der Waals surface area contributed by atoms with E-state index >= 15 is 0 Å². The SMILES string of the molecule is Cn1cc(-c2cc(CCNS(=O)O)ccc2Oc2ccc(F)cc2F)c(-c2ccccc2O)cc1=O. The molecular weight excluding hydrogens is 490 g/mol. The van der Waals surface area contributed by atoms with Crippen LogP contribution in [0.5, 0.6) is 17.2 Å². The molecule has 0 radical (unpaired) electrons. The maximum absolute atomic E-state index is 14.4. The largest absolute Gasteiger partial charge is 0.507 e. The number of nitrogens with one attached hydrogen (secondary N) is 1. The summed E-state index contributed by atoms with van der Waals surface area (Å²) in [6.07, 6.45) is 1.96. The van der Waals surface area contributed by atoms with Crippen LogP contribution in [0, 0.1) is 11.6 Å². The van der Waals surface area contributed by atoms with Crippen LogP contribution in [0.1, 0.15) is 5.56 Å². The Labute approximate surface area is 208 Å². The average molecular weight is 513 g/mol. The van der Waals surface area contributed by atoms with Gasteiger partial charge in [-0.2, -0.15) is 0 Å². The summed E-state index contributed by atoms with van der Waals surface area (Å²) in [6.45, 7) is 0.203. The number of hydrogen-bond donors (Lipinski definition) is 3. The van der Waals surface area contributed by atoms with Gasteiger partial charge in [0, 0.05) is 54.2 Å². The van der Waals surface area contributed by atoms with E-state index in [-0.39, 0.29) is 29.4 Å². The highest BCUT2D eigenvalue weighted by Gasteiger charge is 2.18. The third-order valence-electron chi connectivity index (χ3n) is 5.51. The summed E-state index contributed by atoms with van der Waals surface area (Å²) in [5, 5.41) is 10.5. The number of benzene rings is 3. The van der Waals surface area contributed by atoms with Crippen molar-refractivity contribution in [3.8, 4) is 39.5 Å². The summed E-state index contributed by atoms with van der Waals surface area (Å²) >= 11 is -2.17. The number of ether oxygens (including phenoxy) is 1. The molecule has 0 saturated carbocycles. The second-order valence-corrected chi connectivity index (χ2v) is 8.75. The van der Waals surface area contributed by atoms with Gasteiger partial charge in [-0.25, -0.2) is 17.7 Å². The first-order valence-electron chi connectivity index (χ1n) is 10.8. The summed E-state index contributed by atoms with van der Waals surface area (Å²) in [7, 11) is 1.57. The van der Waals surface area contributed by atoms with Gasteiger partial charge in [0.15, 0.2) is 11.6 Å². The van der Waals surface area contributed by atoms with Crippen LogP contribution in [0.4, 0.5) is 8.78 Å². The minimum absolute atomic E-state index is 0.0372. The molecule has 1 heterocycles. The van der Waals surface area contributed by atoms with Crippen LogP contribution in [0.2, 0.25) is 0 Å². The van der Waals surface area contributed by atoms with Crippen molar-refractivity contribution in [1.82, 2.24) is 9.29 Å². The third-order valence-corrected chi connectivity index (χ3v) is 5.96. The number of halogens is 2. The van der Waals surface area contributed by atoms with E-state index in [4.69, 9.17) is 9.29 Å². The summed E-state index contributed by atoms with van der Waals surface area (Å²) in [5.41, 5.74) is 2.26. The molecule has 0 bridgehead atoms. The highest BCUT2D eigenvalue weighted by molar-refractivity contribution is 7.77. The van der Waals surface area contributed by atoms with Crippen molar-refractivity contribution >= 4 is 11.3 Å². The van der Waals surface area contributed by atoms with Crippen molar-refractivity contribution in [2.45, 2.75) is 6.42 Å². The fourth-order valence-corrected chi connectivity index (χ4v) is 4.04. The van der Waals surface area contributed by atoms with E-state index in [9.17, 15) is 22.9 Å². The van der Waals surface area contributed by atoms with Crippen molar-refractivity contribution < 1.29 is 27.4 Å². The lowest BCUT2D eigenvalue weighted by Crippen LogP contribution is -2.19. The summed E-state index contributed by atoms with van der Waals surface area (Å²) < 4.78 is 57.4. The molecule has 0 aliphatic heterocycles. The molecule has 186 valence electrons. The molecule has 0 spiro atoms. The molecule has 0 fully saturated rings. The first kappa shape index (κ1) is 25.2. The van der Waals surface area contributed by atoms with Gasteiger partial charge in [-0.15, -0.1) is 0 Å². The Bertz CT molecular complexity index is 1510. The van der Waals surface area contributed by atoms with Gasteiger partial charge in [-0.1, -0.05) is 24.3 Å². The summed E-state index contributed by atoms with van der Waals surface area (Å²) in [6, 6.07) is 16.0. The van der Waals surface area contributed by atoms with E-state index in [1.807, 2.05) is 0 Å². The van der Waals surface area contributed by atoms with Gasteiger partial charge < -0.3 is 14.4 Å². The second-order valence-electron chi connectivity index (χ2n) is 7.97. The molecular formula is C26H22F2N2O5S. The molecule has 1 atom stereocenters. The van der Waals surface area contributed by atoms with Gasteiger partial charge >= 0.3 is 0 Å². The first-order valence-corrected chi connectivity index (χ1v) is 11.9. The van der Waals surface area contributed by atoms with Crippen LogP contribution in [0.3, 0.4) is 0 Å². The van der Waals surface area contributed by atoms with Crippen molar-refractivity contribution in [1.29, 1.82) is 0 Å².